The smallest absolute Gasteiger partial charge is 0.335 e. The molecule has 1 aromatic heterocycles. The van der Waals surface area contributed by atoms with Crippen molar-refractivity contribution < 1.29 is 19.1 Å². The predicted octanol–water partition coefficient (Wildman–Crippen LogP) is 2.99. The molecule has 0 saturated carbocycles. The zero-order valence-corrected chi connectivity index (χ0v) is 10.6. The van der Waals surface area contributed by atoms with Gasteiger partial charge in [-0.15, -0.1) is 0 Å². The highest BCUT2D eigenvalue weighted by Gasteiger charge is 2.12. The third kappa shape index (κ3) is 2.60. The van der Waals surface area contributed by atoms with Gasteiger partial charge in [0, 0.05) is 4.47 Å². The lowest BCUT2D eigenvalue weighted by Crippen LogP contribution is -2.11. The molecule has 0 aliphatic rings. The Hall–Kier alpha value is -2.08. The second-order valence-corrected chi connectivity index (χ2v) is 4.29. The third-order valence-electron chi connectivity index (χ3n) is 2.21. The van der Waals surface area contributed by atoms with Gasteiger partial charge in [-0.3, -0.25) is 4.79 Å². The number of carboxylic acid groups (broad SMARTS) is 1. The van der Waals surface area contributed by atoms with Crippen molar-refractivity contribution >= 4 is 33.5 Å². The number of nitrogens with one attached hydrogen (secondary N) is 1. The van der Waals surface area contributed by atoms with E-state index < -0.39 is 11.9 Å². The molecule has 1 aromatic carbocycles. The Kier molecular flexibility index (Phi) is 3.47. The molecule has 5 nitrogen and oxygen atoms in total. The second kappa shape index (κ2) is 5.05. The van der Waals surface area contributed by atoms with Gasteiger partial charge in [0.1, 0.15) is 0 Å². The monoisotopic (exact) mass is 309 g/mol. The minimum atomic E-state index is -1.03. The molecule has 0 aliphatic heterocycles. The van der Waals surface area contributed by atoms with Crippen LogP contribution in [0.3, 0.4) is 0 Å². The third-order valence-corrected chi connectivity index (χ3v) is 2.87. The van der Waals surface area contributed by atoms with Gasteiger partial charge in [-0.2, -0.15) is 0 Å². The van der Waals surface area contributed by atoms with Crippen molar-refractivity contribution in [2.24, 2.45) is 0 Å². The number of carbonyl (C=O) groups excluding carboxylic acids is 1. The van der Waals surface area contributed by atoms with Gasteiger partial charge in [0.25, 0.3) is 5.91 Å². The van der Waals surface area contributed by atoms with Crippen LogP contribution in [-0.4, -0.2) is 17.0 Å². The standard InChI is InChI=1S/C12H8BrNO4/c13-8-6-7(12(16)17)3-4-9(8)14-11(15)10-2-1-5-18-10/h1-6H,(H,14,15)(H,16,17). The summed E-state index contributed by atoms with van der Waals surface area (Å²) < 4.78 is 5.44. The van der Waals surface area contributed by atoms with Crippen LogP contribution in [0.15, 0.2) is 45.5 Å². The van der Waals surface area contributed by atoms with Crippen LogP contribution >= 0.6 is 15.9 Å². The van der Waals surface area contributed by atoms with Crippen molar-refractivity contribution in [3.63, 3.8) is 0 Å². The van der Waals surface area contributed by atoms with Crippen molar-refractivity contribution in [1.29, 1.82) is 0 Å². The fourth-order valence-electron chi connectivity index (χ4n) is 1.34. The number of benzene rings is 1. The zero-order valence-electron chi connectivity index (χ0n) is 9.01. The Morgan fingerprint density at radius 3 is 2.61 bits per heavy atom. The van der Waals surface area contributed by atoms with Gasteiger partial charge in [0.15, 0.2) is 5.76 Å². The fraction of sp³-hybridized carbons (Fsp3) is 0. The first kappa shape index (κ1) is 12.4. The molecule has 0 bridgehead atoms. The lowest BCUT2D eigenvalue weighted by Gasteiger charge is -2.06. The number of hydrogen-bond acceptors (Lipinski definition) is 3. The van der Waals surface area contributed by atoms with E-state index in [-0.39, 0.29) is 11.3 Å². The Morgan fingerprint density at radius 1 is 1.28 bits per heavy atom. The first-order valence-corrected chi connectivity index (χ1v) is 5.75. The predicted molar refractivity (Wildman–Crippen MR) is 67.8 cm³/mol. The van der Waals surface area contributed by atoms with Gasteiger partial charge in [-0.25, -0.2) is 4.79 Å². The number of anilines is 1. The largest absolute Gasteiger partial charge is 0.478 e. The van der Waals surface area contributed by atoms with E-state index in [1.807, 2.05) is 0 Å². The molecule has 2 rings (SSSR count). The zero-order chi connectivity index (χ0) is 13.1. The Balaban J connectivity index is 2.20. The molecule has 0 atom stereocenters. The van der Waals surface area contributed by atoms with Gasteiger partial charge in [0.2, 0.25) is 0 Å². The van der Waals surface area contributed by atoms with Crippen LogP contribution in [0.25, 0.3) is 0 Å². The number of halogens is 1. The summed E-state index contributed by atoms with van der Waals surface area (Å²) in [4.78, 5) is 22.5. The summed E-state index contributed by atoms with van der Waals surface area (Å²) in [6.07, 6.45) is 1.40. The molecule has 0 unspecified atom stereocenters. The first-order valence-electron chi connectivity index (χ1n) is 4.95. The quantitative estimate of drug-likeness (QED) is 0.913. The average molecular weight is 310 g/mol. The number of amides is 1. The van der Waals surface area contributed by atoms with E-state index in [1.54, 1.807) is 6.07 Å². The maximum absolute atomic E-state index is 11.7. The minimum Gasteiger partial charge on any atom is -0.478 e. The average Bonchev–Trinajstić information content (AvgIpc) is 2.85. The maximum Gasteiger partial charge on any atom is 0.335 e. The topological polar surface area (TPSA) is 79.5 Å². The van der Waals surface area contributed by atoms with E-state index in [9.17, 15) is 9.59 Å². The lowest BCUT2D eigenvalue weighted by molar-refractivity contribution is 0.0696. The number of furan rings is 1. The molecule has 92 valence electrons. The number of rotatable bonds is 3. The highest BCUT2D eigenvalue weighted by atomic mass is 79.9. The highest BCUT2D eigenvalue weighted by Crippen LogP contribution is 2.24. The molecule has 0 fully saturated rings. The summed E-state index contributed by atoms with van der Waals surface area (Å²) in [6.45, 7) is 0. The van der Waals surface area contributed by atoms with Crippen LogP contribution in [-0.2, 0) is 0 Å². The first-order chi connectivity index (χ1) is 8.58. The highest BCUT2D eigenvalue weighted by molar-refractivity contribution is 9.10. The number of aromatic carboxylic acids is 1. The second-order valence-electron chi connectivity index (χ2n) is 3.43. The van der Waals surface area contributed by atoms with Crippen molar-refractivity contribution in [3.8, 4) is 0 Å². The van der Waals surface area contributed by atoms with Gasteiger partial charge in [-0.1, -0.05) is 0 Å². The van der Waals surface area contributed by atoms with E-state index in [0.717, 1.165) is 0 Å². The molecule has 2 N–H and O–H groups in total. The molecule has 6 heteroatoms. The van der Waals surface area contributed by atoms with Crippen LogP contribution in [0.4, 0.5) is 5.69 Å². The molecular weight excluding hydrogens is 302 g/mol. The van der Waals surface area contributed by atoms with Crippen molar-refractivity contribution in [1.82, 2.24) is 0 Å². The minimum absolute atomic E-state index is 0.137. The Morgan fingerprint density at radius 2 is 2.06 bits per heavy atom. The van der Waals surface area contributed by atoms with Crippen LogP contribution < -0.4 is 5.32 Å². The van der Waals surface area contributed by atoms with Crippen LogP contribution in [0, 0.1) is 0 Å². The molecule has 1 heterocycles. The SMILES string of the molecule is O=C(O)c1ccc(NC(=O)c2ccco2)c(Br)c1. The van der Waals surface area contributed by atoms with E-state index in [1.165, 1.54) is 30.5 Å². The van der Waals surface area contributed by atoms with Gasteiger partial charge >= 0.3 is 5.97 Å². The van der Waals surface area contributed by atoms with Gasteiger partial charge in [-0.05, 0) is 46.3 Å². The molecule has 0 radical (unpaired) electrons. The normalized spacial score (nSPS) is 10.1. The number of carboxylic acids is 1. The van der Waals surface area contributed by atoms with Crippen molar-refractivity contribution in [2.75, 3.05) is 5.32 Å². The molecule has 18 heavy (non-hydrogen) atoms. The molecule has 0 spiro atoms. The lowest BCUT2D eigenvalue weighted by atomic mass is 10.2. The summed E-state index contributed by atoms with van der Waals surface area (Å²) in [6, 6.07) is 7.48. The summed E-state index contributed by atoms with van der Waals surface area (Å²) in [5.41, 5.74) is 0.610. The van der Waals surface area contributed by atoms with E-state index in [4.69, 9.17) is 9.52 Å². The summed E-state index contributed by atoms with van der Waals surface area (Å²) in [5.74, 6) is -1.24. The van der Waals surface area contributed by atoms with Gasteiger partial charge in [0.05, 0.1) is 17.5 Å². The fourth-order valence-corrected chi connectivity index (χ4v) is 1.82. The summed E-state index contributed by atoms with van der Waals surface area (Å²) in [7, 11) is 0. The maximum atomic E-state index is 11.7. The van der Waals surface area contributed by atoms with E-state index in [0.29, 0.717) is 10.2 Å². The molecule has 2 aromatic rings. The van der Waals surface area contributed by atoms with Crippen molar-refractivity contribution in [3.05, 3.63) is 52.4 Å². The van der Waals surface area contributed by atoms with E-state index >= 15 is 0 Å². The molecule has 1 amide bonds. The molecule has 0 aliphatic carbocycles. The van der Waals surface area contributed by atoms with Crippen LogP contribution in [0.5, 0.6) is 0 Å². The summed E-state index contributed by atoms with van der Waals surface area (Å²) in [5, 5.41) is 11.4. The van der Waals surface area contributed by atoms with Crippen LogP contribution in [0.2, 0.25) is 0 Å². The Bertz CT molecular complexity index is 592. The number of carbonyl (C=O) groups is 2. The Labute approximate surface area is 111 Å². The van der Waals surface area contributed by atoms with E-state index in [2.05, 4.69) is 21.2 Å². The molecule has 0 saturated heterocycles. The number of hydrogen-bond donors (Lipinski definition) is 2. The summed E-state index contributed by atoms with van der Waals surface area (Å²) >= 11 is 3.20. The van der Waals surface area contributed by atoms with Crippen molar-refractivity contribution in [2.45, 2.75) is 0 Å². The van der Waals surface area contributed by atoms with Gasteiger partial charge < -0.3 is 14.8 Å². The van der Waals surface area contributed by atoms with Crippen LogP contribution in [0.1, 0.15) is 20.9 Å². The molecular formula is C12H8BrNO4.